The van der Waals surface area contributed by atoms with Gasteiger partial charge in [0.05, 0.1) is 16.8 Å². The Labute approximate surface area is 132 Å². The molecule has 0 radical (unpaired) electrons. The van der Waals surface area contributed by atoms with E-state index >= 15 is 0 Å². The van der Waals surface area contributed by atoms with E-state index < -0.39 is 0 Å². The van der Waals surface area contributed by atoms with Crippen LogP contribution in [0.5, 0.6) is 0 Å². The third kappa shape index (κ3) is 2.97. The van der Waals surface area contributed by atoms with Gasteiger partial charge in [0.2, 0.25) is 0 Å². The highest BCUT2D eigenvalue weighted by Crippen LogP contribution is 2.39. The molecule has 4 nitrogen and oxygen atoms in total. The van der Waals surface area contributed by atoms with Crippen molar-refractivity contribution in [1.29, 1.82) is 0 Å². The standard InChI is InChI=1S/C14H20BrN3OS/c1-16-14-11(15)12(9-4-2-3-5-9)17-13(18-14)10-8-20-7-6-19-10/h9-10H,2-8H2,1H3,(H,16,17,18). The number of anilines is 1. The highest BCUT2D eigenvalue weighted by Gasteiger charge is 2.27. The molecule has 1 aromatic heterocycles. The predicted octanol–water partition coefficient (Wildman–Crippen LogP) is 3.74. The fourth-order valence-corrected chi connectivity index (χ4v) is 4.44. The van der Waals surface area contributed by atoms with Crippen molar-refractivity contribution in [1.82, 2.24) is 9.97 Å². The van der Waals surface area contributed by atoms with Gasteiger partial charge in [-0.05, 0) is 28.8 Å². The van der Waals surface area contributed by atoms with Crippen LogP contribution in [0.3, 0.4) is 0 Å². The van der Waals surface area contributed by atoms with Crippen LogP contribution in [0.1, 0.15) is 49.2 Å². The summed E-state index contributed by atoms with van der Waals surface area (Å²) in [6, 6.07) is 0. The Morgan fingerprint density at radius 1 is 1.30 bits per heavy atom. The van der Waals surface area contributed by atoms with Crippen molar-refractivity contribution >= 4 is 33.5 Å². The van der Waals surface area contributed by atoms with Crippen molar-refractivity contribution < 1.29 is 4.74 Å². The number of nitrogens with zero attached hydrogens (tertiary/aromatic N) is 2. The summed E-state index contributed by atoms with van der Waals surface area (Å²) in [4.78, 5) is 9.49. The molecule has 110 valence electrons. The minimum Gasteiger partial charge on any atom is -0.372 e. The summed E-state index contributed by atoms with van der Waals surface area (Å²) in [5, 5.41) is 3.18. The number of thioether (sulfide) groups is 1. The zero-order valence-corrected chi connectivity index (χ0v) is 14.1. The van der Waals surface area contributed by atoms with Crippen LogP contribution in [-0.2, 0) is 4.74 Å². The summed E-state index contributed by atoms with van der Waals surface area (Å²) in [7, 11) is 1.91. The molecule has 6 heteroatoms. The first-order valence-electron chi connectivity index (χ1n) is 7.24. The van der Waals surface area contributed by atoms with Crippen LogP contribution in [0.15, 0.2) is 4.47 Å². The number of aromatic nitrogens is 2. The molecule has 0 bridgehead atoms. The summed E-state index contributed by atoms with van der Waals surface area (Å²) >= 11 is 5.59. The normalized spacial score (nSPS) is 24.0. The van der Waals surface area contributed by atoms with Gasteiger partial charge in [-0.25, -0.2) is 9.97 Å². The van der Waals surface area contributed by atoms with Crippen molar-refractivity contribution in [2.24, 2.45) is 0 Å². The number of halogens is 1. The van der Waals surface area contributed by atoms with Crippen LogP contribution in [0, 0.1) is 0 Å². The number of ether oxygens (including phenoxy) is 1. The minimum atomic E-state index is 0.0362. The van der Waals surface area contributed by atoms with E-state index in [1.54, 1.807) is 0 Å². The molecule has 0 aromatic carbocycles. The Hall–Kier alpha value is -0.330. The molecule has 1 saturated heterocycles. The van der Waals surface area contributed by atoms with E-state index in [1.807, 2.05) is 18.8 Å². The number of nitrogens with one attached hydrogen (secondary N) is 1. The van der Waals surface area contributed by atoms with Gasteiger partial charge in [-0.15, -0.1) is 0 Å². The van der Waals surface area contributed by atoms with Crippen LogP contribution in [0.25, 0.3) is 0 Å². The second kappa shape index (κ2) is 6.62. The first-order valence-corrected chi connectivity index (χ1v) is 9.18. The topological polar surface area (TPSA) is 47.0 Å². The third-order valence-electron chi connectivity index (χ3n) is 3.98. The van der Waals surface area contributed by atoms with E-state index in [9.17, 15) is 0 Å². The fourth-order valence-electron chi connectivity index (χ4n) is 2.90. The van der Waals surface area contributed by atoms with Crippen LogP contribution in [0.2, 0.25) is 0 Å². The summed E-state index contributed by atoms with van der Waals surface area (Å²) < 4.78 is 6.86. The Morgan fingerprint density at radius 2 is 2.10 bits per heavy atom. The maximum absolute atomic E-state index is 5.83. The Bertz CT molecular complexity index is 474. The molecular formula is C14H20BrN3OS. The summed E-state index contributed by atoms with van der Waals surface area (Å²) in [6.45, 7) is 0.794. The van der Waals surface area contributed by atoms with Gasteiger partial charge < -0.3 is 10.1 Å². The van der Waals surface area contributed by atoms with Crippen molar-refractivity contribution in [2.75, 3.05) is 30.5 Å². The maximum atomic E-state index is 5.83. The lowest BCUT2D eigenvalue weighted by Crippen LogP contribution is -2.20. The minimum absolute atomic E-state index is 0.0362. The van der Waals surface area contributed by atoms with Gasteiger partial charge in [-0.3, -0.25) is 0 Å². The number of hydrogen-bond donors (Lipinski definition) is 1. The predicted molar refractivity (Wildman–Crippen MR) is 86.5 cm³/mol. The van der Waals surface area contributed by atoms with Crippen LogP contribution >= 0.6 is 27.7 Å². The van der Waals surface area contributed by atoms with Crippen LogP contribution in [-0.4, -0.2) is 35.1 Å². The van der Waals surface area contributed by atoms with Gasteiger partial charge in [-0.2, -0.15) is 11.8 Å². The largest absolute Gasteiger partial charge is 0.372 e. The lowest BCUT2D eigenvalue weighted by atomic mass is 10.0. The van der Waals surface area contributed by atoms with Gasteiger partial charge >= 0.3 is 0 Å². The van der Waals surface area contributed by atoms with E-state index in [-0.39, 0.29) is 6.10 Å². The van der Waals surface area contributed by atoms with Gasteiger partial charge in [0.1, 0.15) is 11.9 Å². The Morgan fingerprint density at radius 3 is 2.75 bits per heavy atom. The van der Waals surface area contributed by atoms with E-state index in [4.69, 9.17) is 9.72 Å². The number of hydrogen-bond acceptors (Lipinski definition) is 5. The van der Waals surface area contributed by atoms with Gasteiger partial charge in [0, 0.05) is 24.5 Å². The average Bonchev–Trinajstić information content (AvgIpc) is 3.02. The first kappa shape index (κ1) is 14.6. The molecule has 1 atom stereocenters. The average molecular weight is 358 g/mol. The summed E-state index contributed by atoms with van der Waals surface area (Å²) in [5.41, 5.74) is 1.16. The van der Waals surface area contributed by atoms with Crippen molar-refractivity contribution in [3.05, 3.63) is 16.0 Å². The molecule has 1 N–H and O–H groups in total. The van der Waals surface area contributed by atoms with Gasteiger partial charge in [0.25, 0.3) is 0 Å². The molecule has 1 saturated carbocycles. The molecule has 0 amide bonds. The first-order chi connectivity index (χ1) is 9.79. The van der Waals surface area contributed by atoms with E-state index in [1.165, 1.54) is 25.7 Å². The smallest absolute Gasteiger partial charge is 0.160 e. The summed E-state index contributed by atoms with van der Waals surface area (Å²) in [5.74, 6) is 4.31. The van der Waals surface area contributed by atoms with Gasteiger partial charge in [0.15, 0.2) is 5.82 Å². The monoisotopic (exact) mass is 357 g/mol. The zero-order chi connectivity index (χ0) is 13.9. The molecule has 2 aliphatic rings. The fraction of sp³-hybridized carbons (Fsp3) is 0.714. The van der Waals surface area contributed by atoms with E-state index in [0.717, 1.165) is 39.9 Å². The number of rotatable bonds is 3. The summed E-state index contributed by atoms with van der Waals surface area (Å²) in [6.07, 6.45) is 5.12. The lowest BCUT2D eigenvalue weighted by molar-refractivity contribution is 0.0693. The molecule has 2 heterocycles. The van der Waals surface area contributed by atoms with Gasteiger partial charge in [-0.1, -0.05) is 12.8 Å². The van der Waals surface area contributed by atoms with Crippen LogP contribution < -0.4 is 5.32 Å². The highest BCUT2D eigenvalue weighted by molar-refractivity contribution is 9.10. The molecular weight excluding hydrogens is 338 g/mol. The highest BCUT2D eigenvalue weighted by atomic mass is 79.9. The zero-order valence-electron chi connectivity index (χ0n) is 11.7. The second-order valence-corrected chi connectivity index (χ2v) is 7.24. The third-order valence-corrected chi connectivity index (χ3v) is 5.75. The maximum Gasteiger partial charge on any atom is 0.160 e. The molecule has 1 unspecified atom stereocenters. The second-order valence-electron chi connectivity index (χ2n) is 5.30. The SMILES string of the molecule is CNc1nc(C2CSCCO2)nc(C2CCCC2)c1Br. The quantitative estimate of drug-likeness (QED) is 0.892. The van der Waals surface area contributed by atoms with E-state index in [2.05, 4.69) is 26.2 Å². The molecule has 20 heavy (non-hydrogen) atoms. The molecule has 0 spiro atoms. The van der Waals surface area contributed by atoms with E-state index in [0.29, 0.717) is 5.92 Å². The molecule has 2 fully saturated rings. The molecule has 3 rings (SSSR count). The molecule has 1 aliphatic heterocycles. The Balaban J connectivity index is 1.95. The van der Waals surface area contributed by atoms with Crippen LogP contribution in [0.4, 0.5) is 5.82 Å². The van der Waals surface area contributed by atoms with Crippen molar-refractivity contribution in [3.8, 4) is 0 Å². The molecule has 1 aromatic rings. The molecule has 1 aliphatic carbocycles. The van der Waals surface area contributed by atoms with Crippen molar-refractivity contribution in [3.63, 3.8) is 0 Å². The lowest BCUT2D eigenvalue weighted by Gasteiger charge is -2.23. The Kier molecular flexibility index (Phi) is 4.83. The van der Waals surface area contributed by atoms with Crippen molar-refractivity contribution in [2.45, 2.75) is 37.7 Å².